The van der Waals surface area contributed by atoms with Crippen molar-refractivity contribution in [3.05, 3.63) is 65.2 Å². The SMILES string of the molecule is CN=C(NCc1cccc(OCCN(C)CCOC)c1)NCc1cc(F)ccc1F.I. The van der Waals surface area contributed by atoms with Gasteiger partial charge in [0.2, 0.25) is 0 Å². The zero-order chi connectivity index (χ0) is 21.8. The van der Waals surface area contributed by atoms with Crippen molar-refractivity contribution in [1.82, 2.24) is 15.5 Å². The lowest BCUT2D eigenvalue weighted by molar-refractivity contribution is 0.150. The standard InChI is InChI=1S/C22H30F2N4O2.HI/c1-25-22(27-16-18-14-19(23)7-8-21(18)24)26-15-17-5-4-6-20(13-17)30-12-10-28(2)9-11-29-3;/h4-8,13-14H,9-12,15-16H2,1-3H3,(H2,25,26,27);1H. The summed E-state index contributed by atoms with van der Waals surface area (Å²) < 4.78 is 37.9. The first kappa shape index (κ1) is 27.1. The summed E-state index contributed by atoms with van der Waals surface area (Å²) in [6, 6.07) is 11.2. The van der Waals surface area contributed by atoms with E-state index in [9.17, 15) is 8.78 Å². The first-order valence-electron chi connectivity index (χ1n) is 9.79. The van der Waals surface area contributed by atoms with E-state index in [1.807, 2.05) is 31.3 Å². The maximum atomic E-state index is 13.7. The Morgan fingerprint density at radius 2 is 1.77 bits per heavy atom. The summed E-state index contributed by atoms with van der Waals surface area (Å²) in [6.07, 6.45) is 0. The second kappa shape index (κ2) is 14.9. The zero-order valence-corrected chi connectivity index (χ0v) is 20.5. The Labute approximate surface area is 200 Å². The van der Waals surface area contributed by atoms with Gasteiger partial charge in [-0.05, 0) is 42.9 Å². The molecule has 2 aromatic rings. The van der Waals surface area contributed by atoms with E-state index in [4.69, 9.17) is 9.47 Å². The third-order valence-corrected chi connectivity index (χ3v) is 4.45. The first-order chi connectivity index (χ1) is 14.5. The molecule has 0 aromatic heterocycles. The van der Waals surface area contributed by atoms with Crippen LogP contribution in [-0.2, 0) is 17.8 Å². The number of methoxy groups -OCH3 is 1. The van der Waals surface area contributed by atoms with E-state index >= 15 is 0 Å². The number of rotatable bonds is 11. The molecule has 0 amide bonds. The molecule has 0 aliphatic heterocycles. The maximum Gasteiger partial charge on any atom is 0.191 e. The quantitative estimate of drug-likeness (QED) is 0.256. The van der Waals surface area contributed by atoms with Crippen molar-refractivity contribution < 1.29 is 18.3 Å². The number of hydrogen-bond acceptors (Lipinski definition) is 4. The average Bonchev–Trinajstić information content (AvgIpc) is 2.75. The molecular formula is C22H31F2IN4O2. The van der Waals surface area contributed by atoms with Gasteiger partial charge in [-0.1, -0.05) is 12.1 Å². The van der Waals surface area contributed by atoms with Gasteiger partial charge in [-0.3, -0.25) is 4.99 Å². The van der Waals surface area contributed by atoms with Gasteiger partial charge in [0.15, 0.2) is 5.96 Å². The van der Waals surface area contributed by atoms with Gasteiger partial charge in [0.1, 0.15) is 24.0 Å². The van der Waals surface area contributed by atoms with Gasteiger partial charge in [-0.2, -0.15) is 0 Å². The molecule has 0 bridgehead atoms. The summed E-state index contributed by atoms with van der Waals surface area (Å²) in [4.78, 5) is 6.26. The number of likely N-dealkylation sites (N-methyl/N-ethyl adjacent to an activating group) is 1. The van der Waals surface area contributed by atoms with E-state index in [1.165, 1.54) is 6.07 Å². The van der Waals surface area contributed by atoms with Crippen LogP contribution in [0.1, 0.15) is 11.1 Å². The van der Waals surface area contributed by atoms with Gasteiger partial charge in [-0.15, -0.1) is 24.0 Å². The van der Waals surface area contributed by atoms with Gasteiger partial charge in [0, 0.05) is 45.9 Å². The number of halogens is 3. The van der Waals surface area contributed by atoms with Gasteiger partial charge in [0.25, 0.3) is 0 Å². The van der Waals surface area contributed by atoms with Crippen molar-refractivity contribution in [2.24, 2.45) is 4.99 Å². The molecule has 0 heterocycles. The smallest absolute Gasteiger partial charge is 0.191 e. The molecule has 172 valence electrons. The molecule has 0 atom stereocenters. The molecular weight excluding hydrogens is 517 g/mol. The van der Waals surface area contributed by atoms with Gasteiger partial charge in [0.05, 0.1) is 6.61 Å². The second-order valence-electron chi connectivity index (χ2n) is 6.81. The molecule has 9 heteroatoms. The number of benzene rings is 2. The third kappa shape index (κ3) is 10.3. The molecule has 0 radical (unpaired) electrons. The molecule has 2 N–H and O–H groups in total. The highest BCUT2D eigenvalue weighted by Crippen LogP contribution is 2.13. The topological polar surface area (TPSA) is 58.1 Å². The Morgan fingerprint density at radius 1 is 1.03 bits per heavy atom. The van der Waals surface area contributed by atoms with Crippen LogP contribution in [0.25, 0.3) is 0 Å². The number of aliphatic imine (C=N–C) groups is 1. The van der Waals surface area contributed by atoms with Gasteiger partial charge < -0.3 is 25.0 Å². The van der Waals surface area contributed by atoms with Crippen molar-refractivity contribution >= 4 is 29.9 Å². The minimum Gasteiger partial charge on any atom is -0.492 e. The van der Waals surface area contributed by atoms with Crippen LogP contribution in [0, 0.1) is 11.6 Å². The normalized spacial score (nSPS) is 11.2. The predicted molar refractivity (Wildman–Crippen MR) is 130 cm³/mol. The van der Waals surface area contributed by atoms with Crippen LogP contribution < -0.4 is 15.4 Å². The molecule has 6 nitrogen and oxygen atoms in total. The largest absolute Gasteiger partial charge is 0.492 e. The molecule has 0 aliphatic carbocycles. The third-order valence-electron chi connectivity index (χ3n) is 4.45. The molecule has 0 saturated heterocycles. The fraction of sp³-hybridized carbons (Fsp3) is 0.409. The summed E-state index contributed by atoms with van der Waals surface area (Å²) in [5.74, 6) is 0.346. The highest BCUT2D eigenvalue weighted by atomic mass is 127. The highest BCUT2D eigenvalue weighted by Gasteiger charge is 2.06. The Balaban J connectivity index is 0.00000480. The van der Waals surface area contributed by atoms with Crippen LogP contribution in [0.15, 0.2) is 47.5 Å². The van der Waals surface area contributed by atoms with Crippen LogP contribution in [0.4, 0.5) is 8.78 Å². The van der Waals surface area contributed by atoms with Crippen LogP contribution in [0.3, 0.4) is 0 Å². The minimum absolute atomic E-state index is 0. The van der Waals surface area contributed by atoms with Crippen LogP contribution >= 0.6 is 24.0 Å². The number of ether oxygens (including phenoxy) is 2. The molecule has 0 unspecified atom stereocenters. The van der Waals surface area contributed by atoms with Gasteiger partial charge in [-0.25, -0.2) is 8.78 Å². The zero-order valence-electron chi connectivity index (χ0n) is 18.2. The molecule has 0 aliphatic rings. The van der Waals surface area contributed by atoms with E-state index in [2.05, 4.69) is 20.5 Å². The van der Waals surface area contributed by atoms with Crippen LogP contribution in [-0.4, -0.2) is 58.4 Å². The average molecular weight is 548 g/mol. The highest BCUT2D eigenvalue weighted by molar-refractivity contribution is 14.0. The summed E-state index contributed by atoms with van der Waals surface area (Å²) in [5, 5.41) is 6.15. The maximum absolute atomic E-state index is 13.7. The lowest BCUT2D eigenvalue weighted by atomic mass is 10.2. The number of nitrogens with zero attached hydrogens (tertiary/aromatic N) is 2. The number of guanidine groups is 1. The first-order valence-corrected chi connectivity index (χ1v) is 9.79. The molecule has 2 aromatic carbocycles. The van der Waals surface area contributed by atoms with Crippen molar-refractivity contribution in [1.29, 1.82) is 0 Å². The molecule has 31 heavy (non-hydrogen) atoms. The van der Waals surface area contributed by atoms with Crippen molar-refractivity contribution in [3.8, 4) is 5.75 Å². The predicted octanol–water partition coefficient (Wildman–Crippen LogP) is 3.41. The van der Waals surface area contributed by atoms with E-state index in [0.717, 1.165) is 36.5 Å². The van der Waals surface area contributed by atoms with E-state index in [-0.39, 0.29) is 36.1 Å². The van der Waals surface area contributed by atoms with Crippen LogP contribution in [0.2, 0.25) is 0 Å². The Hall–Kier alpha value is -1.98. The molecule has 2 rings (SSSR count). The molecule has 0 saturated carbocycles. The Morgan fingerprint density at radius 3 is 2.52 bits per heavy atom. The number of nitrogens with one attached hydrogen (secondary N) is 2. The fourth-order valence-corrected chi connectivity index (χ4v) is 2.69. The summed E-state index contributed by atoms with van der Waals surface area (Å²) in [5.41, 5.74) is 1.25. The van der Waals surface area contributed by atoms with Crippen molar-refractivity contribution in [2.45, 2.75) is 13.1 Å². The van der Waals surface area contributed by atoms with Crippen LogP contribution in [0.5, 0.6) is 5.75 Å². The lowest BCUT2D eigenvalue weighted by Gasteiger charge is -2.16. The second-order valence-corrected chi connectivity index (χ2v) is 6.81. The molecule has 0 fully saturated rings. The monoisotopic (exact) mass is 548 g/mol. The summed E-state index contributed by atoms with van der Waals surface area (Å²) in [6.45, 7) is 3.58. The minimum atomic E-state index is -0.474. The molecule has 0 spiro atoms. The van der Waals surface area contributed by atoms with Crippen molar-refractivity contribution in [3.63, 3.8) is 0 Å². The number of hydrogen-bond donors (Lipinski definition) is 2. The Kier molecular flexibility index (Phi) is 13.0. The fourth-order valence-electron chi connectivity index (χ4n) is 2.69. The van der Waals surface area contributed by atoms with E-state index < -0.39 is 11.6 Å². The van der Waals surface area contributed by atoms with Gasteiger partial charge >= 0.3 is 0 Å². The van der Waals surface area contributed by atoms with E-state index in [1.54, 1.807) is 14.2 Å². The summed E-state index contributed by atoms with van der Waals surface area (Å²) >= 11 is 0. The Bertz CT molecular complexity index is 824. The van der Waals surface area contributed by atoms with Crippen molar-refractivity contribution in [2.75, 3.05) is 47.5 Å². The van der Waals surface area contributed by atoms with E-state index in [0.29, 0.717) is 25.7 Å². The summed E-state index contributed by atoms with van der Waals surface area (Å²) in [7, 11) is 5.34. The lowest BCUT2D eigenvalue weighted by Crippen LogP contribution is -2.36.